The molecular weight excluding hydrogens is 280 g/mol. The molecule has 1 fully saturated rings. The fourth-order valence-corrected chi connectivity index (χ4v) is 4.27. The second-order valence-corrected chi connectivity index (χ2v) is 7.21. The van der Waals surface area contributed by atoms with Crippen molar-refractivity contribution in [2.24, 2.45) is 5.92 Å². The summed E-state index contributed by atoms with van der Waals surface area (Å²) in [4.78, 5) is 2.24. The molecule has 0 saturated heterocycles. The summed E-state index contributed by atoms with van der Waals surface area (Å²) < 4.78 is 0. The van der Waals surface area contributed by atoms with Crippen LogP contribution in [0, 0.1) is 11.3 Å². The summed E-state index contributed by atoms with van der Waals surface area (Å²) in [6, 6.07) is 8.51. The van der Waals surface area contributed by atoms with Gasteiger partial charge in [-0.25, -0.2) is 0 Å². The maximum Gasteiger partial charge on any atom is 0.0253 e. The van der Waals surface area contributed by atoms with Crippen molar-refractivity contribution in [1.82, 2.24) is 4.90 Å². The standard InChI is InChI=1S/C21H28N2/c1-23(2)15-16-11-12-17(13-16)19-8-5-6-10-21(19)20-9-4-3-7-18(20)14-22/h3-4,7,9,11,13-14,19,21-22H,5-6,8,10,12,15H2,1-2H3. The van der Waals surface area contributed by atoms with Crippen LogP contribution in [0.2, 0.25) is 0 Å². The molecule has 2 unspecified atom stereocenters. The third-order valence-corrected chi connectivity index (χ3v) is 5.26. The van der Waals surface area contributed by atoms with Gasteiger partial charge in [-0.05, 0) is 61.9 Å². The van der Waals surface area contributed by atoms with Gasteiger partial charge in [0.2, 0.25) is 0 Å². The second-order valence-electron chi connectivity index (χ2n) is 7.21. The molecule has 1 saturated carbocycles. The minimum absolute atomic E-state index is 0.583. The largest absolute Gasteiger partial charge is 0.308 e. The minimum atomic E-state index is 0.583. The van der Waals surface area contributed by atoms with Crippen molar-refractivity contribution in [2.75, 3.05) is 20.6 Å². The van der Waals surface area contributed by atoms with Crippen LogP contribution in [-0.2, 0) is 0 Å². The van der Waals surface area contributed by atoms with Gasteiger partial charge in [0.05, 0.1) is 0 Å². The lowest BCUT2D eigenvalue weighted by Crippen LogP contribution is -2.20. The van der Waals surface area contributed by atoms with E-state index in [2.05, 4.69) is 49.3 Å². The molecule has 1 aromatic rings. The van der Waals surface area contributed by atoms with Crippen LogP contribution < -0.4 is 0 Å². The van der Waals surface area contributed by atoms with E-state index in [1.54, 1.807) is 5.57 Å². The van der Waals surface area contributed by atoms with E-state index in [4.69, 9.17) is 5.41 Å². The van der Waals surface area contributed by atoms with E-state index in [0.717, 1.165) is 18.5 Å². The van der Waals surface area contributed by atoms with Crippen LogP contribution in [0.5, 0.6) is 0 Å². The first kappa shape index (κ1) is 16.2. The van der Waals surface area contributed by atoms with Gasteiger partial charge in [-0.1, -0.05) is 54.8 Å². The van der Waals surface area contributed by atoms with Crippen LogP contribution in [0.3, 0.4) is 0 Å². The number of rotatable bonds is 5. The molecule has 2 heteroatoms. The Balaban J connectivity index is 1.84. The van der Waals surface area contributed by atoms with Gasteiger partial charge < -0.3 is 10.3 Å². The van der Waals surface area contributed by atoms with Crippen LogP contribution in [0.1, 0.15) is 49.1 Å². The molecule has 3 rings (SSSR count). The Kier molecular flexibility index (Phi) is 5.12. The quantitative estimate of drug-likeness (QED) is 0.779. The Morgan fingerprint density at radius 2 is 1.87 bits per heavy atom. The second kappa shape index (κ2) is 7.27. The van der Waals surface area contributed by atoms with Crippen molar-refractivity contribution >= 4 is 6.21 Å². The number of nitrogens with one attached hydrogen (secondary N) is 1. The molecule has 0 aliphatic heterocycles. The third kappa shape index (κ3) is 3.64. The molecule has 0 bridgehead atoms. The van der Waals surface area contributed by atoms with E-state index in [9.17, 15) is 0 Å². The molecule has 2 atom stereocenters. The molecule has 1 N–H and O–H groups in total. The molecule has 122 valence electrons. The summed E-state index contributed by atoms with van der Waals surface area (Å²) in [6.07, 6.45) is 12.7. The van der Waals surface area contributed by atoms with Gasteiger partial charge in [-0.2, -0.15) is 0 Å². The minimum Gasteiger partial charge on any atom is -0.308 e. The van der Waals surface area contributed by atoms with Gasteiger partial charge in [0.1, 0.15) is 0 Å². The number of allylic oxidation sites excluding steroid dienone is 2. The summed E-state index contributed by atoms with van der Waals surface area (Å²) >= 11 is 0. The lowest BCUT2D eigenvalue weighted by Gasteiger charge is -2.34. The first-order chi connectivity index (χ1) is 11.2. The van der Waals surface area contributed by atoms with Crippen molar-refractivity contribution < 1.29 is 0 Å². The molecule has 23 heavy (non-hydrogen) atoms. The van der Waals surface area contributed by atoms with Gasteiger partial charge in [-0.3, -0.25) is 0 Å². The topological polar surface area (TPSA) is 27.1 Å². The highest BCUT2D eigenvalue weighted by Crippen LogP contribution is 2.45. The Bertz CT molecular complexity index is 624. The van der Waals surface area contributed by atoms with E-state index < -0.39 is 0 Å². The first-order valence-electron chi connectivity index (χ1n) is 8.82. The predicted octanol–water partition coefficient (Wildman–Crippen LogP) is 4.78. The van der Waals surface area contributed by atoms with Crippen molar-refractivity contribution in [3.05, 3.63) is 58.7 Å². The Hall–Kier alpha value is -1.67. The Morgan fingerprint density at radius 1 is 1.13 bits per heavy atom. The Morgan fingerprint density at radius 3 is 2.61 bits per heavy atom. The summed E-state index contributed by atoms with van der Waals surface area (Å²) in [7, 11) is 4.27. The highest BCUT2D eigenvalue weighted by Gasteiger charge is 2.31. The lowest BCUT2D eigenvalue weighted by molar-refractivity contribution is 0.344. The third-order valence-electron chi connectivity index (χ3n) is 5.26. The number of benzene rings is 1. The molecular formula is C21H28N2. The molecule has 1 aromatic carbocycles. The van der Waals surface area contributed by atoms with Gasteiger partial charge in [-0.15, -0.1) is 0 Å². The normalized spacial score (nSPS) is 24.5. The first-order valence-corrected chi connectivity index (χ1v) is 8.82. The average molecular weight is 308 g/mol. The number of hydrogen-bond acceptors (Lipinski definition) is 2. The molecule has 0 heterocycles. The van der Waals surface area contributed by atoms with E-state index in [-0.39, 0.29) is 0 Å². The van der Waals surface area contributed by atoms with Crippen LogP contribution in [-0.4, -0.2) is 31.8 Å². The van der Waals surface area contributed by atoms with E-state index >= 15 is 0 Å². The predicted molar refractivity (Wildman–Crippen MR) is 98.4 cm³/mol. The summed E-state index contributed by atoms with van der Waals surface area (Å²) in [5, 5.41) is 7.73. The molecule has 2 nitrogen and oxygen atoms in total. The molecule has 0 radical (unpaired) electrons. The maximum absolute atomic E-state index is 7.73. The molecule has 0 aromatic heterocycles. The van der Waals surface area contributed by atoms with Crippen molar-refractivity contribution in [3.8, 4) is 0 Å². The average Bonchev–Trinajstić information content (AvgIpc) is 3.02. The highest BCUT2D eigenvalue weighted by atomic mass is 15.0. The van der Waals surface area contributed by atoms with Crippen molar-refractivity contribution in [3.63, 3.8) is 0 Å². The van der Waals surface area contributed by atoms with Gasteiger partial charge >= 0.3 is 0 Å². The number of likely N-dealkylation sites (N-methyl/N-ethyl adjacent to an activating group) is 1. The lowest BCUT2D eigenvalue weighted by atomic mass is 9.71. The Labute approximate surface area is 140 Å². The molecule has 2 aliphatic rings. The number of hydrogen-bond donors (Lipinski definition) is 1. The summed E-state index contributed by atoms with van der Waals surface area (Å²) in [5.41, 5.74) is 5.57. The zero-order valence-electron chi connectivity index (χ0n) is 14.4. The molecule has 2 aliphatic carbocycles. The van der Waals surface area contributed by atoms with Crippen LogP contribution in [0.4, 0.5) is 0 Å². The van der Waals surface area contributed by atoms with Gasteiger partial charge in [0.25, 0.3) is 0 Å². The van der Waals surface area contributed by atoms with Crippen molar-refractivity contribution in [2.45, 2.75) is 38.0 Å². The van der Waals surface area contributed by atoms with E-state index in [0.29, 0.717) is 11.8 Å². The zero-order valence-corrected chi connectivity index (χ0v) is 14.4. The van der Waals surface area contributed by atoms with Crippen LogP contribution in [0.25, 0.3) is 0 Å². The van der Waals surface area contributed by atoms with Crippen LogP contribution >= 0.6 is 0 Å². The highest BCUT2D eigenvalue weighted by molar-refractivity contribution is 5.79. The summed E-state index contributed by atoms with van der Waals surface area (Å²) in [5.74, 6) is 1.24. The van der Waals surface area contributed by atoms with Gasteiger partial charge in [0.15, 0.2) is 0 Å². The summed E-state index contributed by atoms with van der Waals surface area (Å²) in [6.45, 7) is 1.04. The smallest absolute Gasteiger partial charge is 0.0253 e. The number of nitrogens with zero attached hydrogens (tertiary/aromatic N) is 1. The fraction of sp³-hybridized carbons (Fsp3) is 0.476. The van der Waals surface area contributed by atoms with E-state index in [1.165, 1.54) is 43.0 Å². The van der Waals surface area contributed by atoms with Crippen LogP contribution in [0.15, 0.2) is 47.6 Å². The molecule has 0 amide bonds. The van der Waals surface area contributed by atoms with E-state index in [1.807, 2.05) is 6.07 Å². The SMILES string of the molecule is CN(C)CC1=CCC(C2CCCCC2c2ccccc2C=N)=C1. The monoisotopic (exact) mass is 308 g/mol. The zero-order chi connectivity index (χ0) is 16.2. The van der Waals surface area contributed by atoms with Gasteiger partial charge in [0, 0.05) is 12.8 Å². The fourth-order valence-electron chi connectivity index (χ4n) is 4.27. The maximum atomic E-state index is 7.73. The van der Waals surface area contributed by atoms with Crippen molar-refractivity contribution in [1.29, 1.82) is 5.41 Å². The molecule has 0 spiro atoms.